The molecule has 1 amide bonds. The Morgan fingerprint density at radius 3 is 2.38 bits per heavy atom. The number of nitrogens with zero attached hydrogens (tertiary/aromatic N) is 3. The zero-order valence-electron chi connectivity index (χ0n) is 17.1. The Bertz CT molecular complexity index is 800. The molecule has 2 aliphatic rings. The number of hydrogen-bond donors (Lipinski definition) is 2. The van der Waals surface area contributed by atoms with Gasteiger partial charge in [0.25, 0.3) is 0 Å². The molecule has 29 heavy (non-hydrogen) atoms. The van der Waals surface area contributed by atoms with Crippen LogP contribution >= 0.6 is 11.8 Å². The maximum absolute atomic E-state index is 8.58. The number of carbonyl (C=O) groups is 1. The fraction of sp³-hybridized carbons (Fsp3) is 0.476. The summed E-state index contributed by atoms with van der Waals surface area (Å²) >= 11 is 1.93. The van der Waals surface area contributed by atoms with Crippen LogP contribution in [-0.4, -0.2) is 56.0 Å². The topological polar surface area (TPSA) is 93.4 Å². The van der Waals surface area contributed by atoms with Crippen molar-refractivity contribution in [3.63, 3.8) is 0 Å². The molecule has 0 radical (unpaired) electrons. The molecule has 0 unspecified atom stereocenters. The second-order valence-electron chi connectivity index (χ2n) is 7.05. The van der Waals surface area contributed by atoms with Crippen LogP contribution in [0.25, 0.3) is 11.4 Å². The molecule has 1 aromatic carbocycles. The van der Waals surface area contributed by atoms with E-state index in [1.54, 1.807) is 0 Å². The first-order chi connectivity index (χ1) is 14.2. The monoisotopic (exact) mass is 415 g/mol. The van der Waals surface area contributed by atoms with Gasteiger partial charge < -0.3 is 20.7 Å². The van der Waals surface area contributed by atoms with E-state index in [4.69, 9.17) is 19.5 Å². The van der Waals surface area contributed by atoms with Crippen molar-refractivity contribution in [3.05, 3.63) is 36.0 Å². The van der Waals surface area contributed by atoms with Gasteiger partial charge in [-0.15, -0.1) is 0 Å². The van der Waals surface area contributed by atoms with E-state index in [1.807, 2.05) is 18.8 Å². The van der Waals surface area contributed by atoms with E-state index in [-0.39, 0.29) is 11.2 Å². The predicted molar refractivity (Wildman–Crippen MR) is 119 cm³/mol. The molecule has 4 rings (SSSR count). The number of carbonyl (C=O) groups excluding carboxylic acids is 1. The summed E-state index contributed by atoms with van der Waals surface area (Å²) in [5.41, 5.74) is 7.51. The van der Waals surface area contributed by atoms with Crippen molar-refractivity contribution in [1.29, 1.82) is 0 Å². The van der Waals surface area contributed by atoms with Crippen molar-refractivity contribution in [2.24, 2.45) is 5.73 Å². The lowest BCUT2D eigenvalue weighted by Gasteiger charge is -2.40. The number of ether oxygens (including phenoxy) is 1. The van der Waals surface area contributed by atoms with Gasteiger partial charge in [-0.05, 0) is 49.8 Å². The number of morpholine rings is 1. The molecular formula is C21H29N5O2S. The number of nitrogens with one attached hydrogen (secondary N) is 1. The molecule has 1 saturated carbocycles. The SMILES string of the molecule is CNc1ccc(-c2nc(N3CCOCC3)cc(C3(SC)CCC3)n2)cc1.NC=O. The Balaban J connectivity index is 0.000000755. The standard InChI is InChI=1S/C20H26N4OS.CH3NO/c1-21-16-6-4-15(5-7-16)19-22-17(20(26-2)8-3-9-20)14-18(23-19)24-10-12-25-13-11-24;2-1-3/h4-7,14,21H,3,8-13H2,1-2H3;1H,(H2,2,3). The van der Waals surface area contributed by atoms with Gasteiger partial charge in [-0.2, -0.15) is 11.8 Å². The van der Waals surface area contributed by atoms with Gasteiger partial charge in [0.05, 0.1) is 23.7 Å². The number of primary amides is 1. The lowest BCUT2D eigenvalue weighted by atomic mass is 9.81. The molecule has 8 heteroatoms. The highest BCUT2D eigenvalue weighted by Crippen LogP contribution is 2.51. The molecule has 3 N–H and O–H groups in total. The average Bonchev–Trinajstić information content (AvgIpc) is 2.74. The average molecular weight is 416 g/mol. The largest absolute Gasteiger partial charge is 0.388 e. The number of rotatable bonds is 5. The summed E-state index contributed by atoms with van der Waals surface area (Å²) in [6, 6.07) is 10.6. The Labute approximate surface area is 176 Å². The molecule has 2 fully saturated rings. The van der Waals surface area contributed by atoms with Crippen LogP contribution in [0.4, 0.5) is 11.5 Å². The Morgan fingerprint density at radius 2 is 1.86 bits per heavy atom. The zero-order chi connectivity index (χ0) is 20.7. The molecule has 2 heterocycles. The van der Waals surface area contributed by atoms with E-state index in [2.05, 4.69) is 52.5 Å². The smallest absolute Gasteiger partial charge is 0.204 e. The van der Waals surface area contributed by atoms with Crippen molar-refractivity contribution < 1.29 is 9.53 Å². The molecule has 1 aliphatic carbocycles. The molecule has 1 aromatic heterocycles. The van der Waals surface area contributed by atoms with Gasteiger partial charge in [-0.25, -0.2) is 9.97 Å². The van der Waals surface area contributed by atoms with E-state index in [1.165, 1.54) is 25.0 Å². The molecule has 0 atom stereocenters. The highest BCUT2D eigenvalue weighted by molar-refractivity contribution is 7.99. The lowest BCUT2D eigenvalue weighted by molar-refractivity contribution is -0.106. The number of thioether (sulfide) groups is 1. The first kappa shape index (κ1) is 21.4. The number of hydrogen-bond acceptors (Lipinski definition) is 7. The number of amides is 1. The number of anilines is 2. The minimum atomic E-state index is 0.156. The molecule has 0 spiro atoms. The maximum atomic E-state index is 8.58. The second kappa shape index (κ2) is 9.93. The third-order valence-electron chi connectivity index (χ3n) is 5.50. The van der Waals surface area contributed by atoms with Gasteiger partial charge in [-0.3, -0.25) is 4.79 Å². The molecule has 2 aromatic rings. The zero-order valence-corrected chi connectivity index (χ0v) is 17.9. The first-order valence-corrected chi connectivity index (χ1v) is 11.1. The number of benzene rings is 1. The van der Waals surface area contributed by atoms with Gasteiger partial charge in [0.1, 0.15) is 5.82 Å². The first-order valence-electron chi connectivity index (χ1n) is 9.87. The van der Waals surface area contributed by atoms with Crippen LogP contribution in [0.15, 0.2) is 30.3 Å². The van der Waals surface area contributed by atoms with E-state index in [0.717, 1.165) is 49.2 Å². The van der Waals surface area contributed by atoms with Crippen LogP contribution in [0, 0.1) is 0 Å². The summed E-state index contributed by atoms with van der Waals surface area (Å²) in [7, 11) is 1.93. The summed E-state index contributed by atoms with van der Waals surface area (Å²) in [5, 5.41) is 3.17. The van der Waals surface area contributed by atoms with Crippen molar-refractivity contribution in [1.82, 2.24) is 9.97 Å². The van der Waals surface area contributed by atoms with Crippen molar-refractivity contribution in [2.75, 3.05) is 49.8 Å². The van der Waals surface area contributed by atoms with Gasteiger partial charge in [0.15, 0.2) is 5.82 Å². The maximum Gasteiger partial charge on any atom is 0.204 e. The molecule has 0 bridgehead atoms. The summed E-state index contributed by atoms with van der Waals surface area (Å²) in [6.45, 7) is 3.31. The van der Waals surface area contributed by atoms with Crippen molar-refractivity contribution in [3.8, 4) is 11.4 Å². The molecule has 1 aliphatic heterocycles. The van der Waals surface area contributed by atoms with Crippen LogP contribution in [0.5, 0.6) is 0 Å². The minimum Gasteiger partial charge on any atom is -0.388 e. The third-order valence-corrected chi connectivity index (χ3v) is 6.90. The summed E-state index contributed by atoms with van der Waals surface area (Å²) < 4.78 is 5.67. The van der Waals surface area contributed by atoms with Crippen LogP contribution < -0.4 is 16.0 Å². The Kier molecular flexibility index (Phi) is 7.33. The number of nitrogens with two attached hydrogens (primary N) is 1. The van der Waals surface area contributed by atoms with Crippen LogP contribution in [0.2, 0.25) is 0 Å². The Morgan fingerprint density at radius 1 is 1.21 bits per heavy atom. The van der Waals surface area contributed by atoms with Crippen molar-refractivity contribution >= 4 is 29.7 Å². The summed E-state index contributed by atoms with van der Waals surface area (Å²) in [5.74, 6) is 1.86. The minimum absolute atomic E-state index is 0.156. The predicted octanol–water partition coefficient (Wildman–Crippen LogP) is 2.87. The summed E-state index contributed by atoms with van der Waals surface area (Å²) in [6.07, 6.45) is 6.14. The van der Waals surface area contributed by atoms with Gasteiger partial charge in [-0.1, -0.05) is 0 Å². The van der Waals surface area contributed by atoms with E-state index in [9.17, 15) is 0 Å². The molecule has 156 valence electrons. The fourth-order valence-corrected chi connectivity index (χ4v) is 4.61. The van der Waals surface area contributed by atoms with Crippen LogP contribution in [0.1, 0.15) is 25.0 Å². The van der Waals surface area contributed by atoms with E-state index < -0.39 is 0 Å². The van der Waals surface area contributed by atoms with Gasteiger partial charge in [0, 0.05) is 37.5 Å². The van der Waals surface area contributed by atoms with Crippen molar-refractivity contribution in [2.45, 2.75) is 24.0 Å². The molecular weight excluding hydrogens is 386 g/mol. The summed E-state index contributed by atoms with van der Waals surface area (Å²) in [4.78, 5) is 20.8. The van der Waals surface area contributed by atoms with Crippen LogP contribution in [0.3, 0.4) is 0 Å². The van der Waals surface area contributed by atoms with Gasteiger partial charge in [0.2, 0.25) is 6.41 Å². The van der Waals surface area contributed by atoms with Crippen LogP contribution in [-0.2, 0) is 14.3 Å². The van der Waals surface area contributed by atoms with E-state index in [0.29, 0.717) is 0 Å². The quantitative estimate of drug-likeness (QED) is 0.725. The third kappa shape index (κ3) is 4.82. The van der Waals surface area contributed by atoms with E-state index >= 15 is 0 Å². The molecule has 7 nitrogen and oxygen atoms in total. The normalized spacial score (nSPS) is 17.5. The number of aromatic nitrogens is 2. The highest BCUT2D eigenvalue weighted by Gasteiger charge is 2.40. The molecule has 1 saturated heterocycles. The highest BCUT2D eigenvalue weighted by atomic mass is 32.2. The Hall–Kier alpha value is -2.32. The fourth-order valence-electron chi connectivity index (χ4n) is 3.60. The lowest BCUT2D eigenvalue weighted by Crippen LogP contribution is -2.38. The van der Waals surface area contributed by atoms with Gasteiger partial charge >= 0.3 is 0 Å². The second-order valence-corrected chi connectivity index (χ2v) is 8.24.